The summed E-state index contributed by atoms with van der Waals surface area (Å²) in [6, 6.07) is 2.73. The van der Waals surface area contributed by atoms with Crippen LogP contribution in [-0.4, -0.2) is 25.9 Å². The van der Waals surface area contributed by atoms with E-state index in [1.165, 1.54) is 26.4 Å². The molecule has 0 aliphatic carbocycles. The fourth-order valence-corrected chi connectivity index (χ4v) is 1.72. The first-order valence-electron chi connectivity index (χ1n) is 5.18. The van der Waals surface area contributed by atoms with Crippen LogP contribution in [0.25, 0.3) is 0 Å². The Balaban J connectivity index is 3.30. The van der Waals surface area contributed by atoms with Crippen LogP contribution in [0.15, 0.2) is 12.1 Å². The van der Waals surface area contributed by atoms with Gasteiger partial charge in [0.25, 0.3) is 5.92 Å². The van der Waals surface area contributed by atoms with E-state index >= 15 is 0 Å². The molecule has 1 aromatic rings. The molecule has 0 saturated heterocycles. The number of benzene rings is 1. The molecular formula is C12H16F2O3. The summed E-state index contributed by atoms with van der Waals surface area (Å²) in [6.45, 7) is 1.07. The molecule has 0 atom stereocenters. The number of rotatable bonds is 5. The average Bonchev–Trinajstić information content (AvgIpc) is 2.28. The Hall–Kier alpha value is -1.36. The fraction of sp³-hybridized carbons (Fsp3) is 0.500. The van der Waals surface area contributed by atoms with Gasteiger partial charge in [-0.2, -0.15) is 0 Å². The molecule has 96 valence electrons. The number of hydrogen-bond donors (Lipinski definition) is 1. The maximum Gasteiger partial charge on any atom is 0.279 e. The van der Waals surface area contributed by atoms with Crippen molar-refractivity contribution in [1.82, 2.24) is 0 Å². The van der Waals surface area contributed by atoms with Gasteiger partial charge in [-0.3, -0.25) is 0 Å². The smallest absolute Gasteiger partial charge is 0.279 e. The van der Waals surface area contributed by atoms with Crippen LogP contribution in [0.4, 0.5) is 8.78 Å². The van der Waals surface area contributed by atoms with E-state index in [0.29, 0.717) is 11.3 Å². The monoisotopic (exact) mass is 246 g/mol. The molecule has 0 unspecified atom stereocenters. The first-order valence-corrected chi connectivity index (χ1v) is 5.18. The largest absolute Gasteiger partial charge is 0.496 e. The number of halogens is 2. The highest BCUT2D eigenvalue weighted by Gasteiger charge is 2.35. The molecule has 0 heterocycles. The molecule has 0 aliphatic heterocycles. The second-order valence-corrected chi connectivity index (χ2v) is 3.65. The lowest BCUT2D eigenvalue weighted by molar-refractivity contribution is -0.0288. The van der Waals surface area contributed by atoms with Gasteiger partial charge in [0.2, 0.25) is 0 Å². The van der Waals surface area contributed by atoms with E-state index in [-0.39, 0.29) is 11.3 Å². The van der Waals surface area contributed by atoms with Crippen molar-refractivity contribution >= 4 is 0 Å². The standard InChI is InChI=1S/C12H16F2O3/c1-8-10(16-2)5-4-9(11(8)17-3)12(13,14)6-7-15/h4-5,15H,6-7H2,1-3H3. The summed E-state index contributed by atoms with van der Waals surface area (Å²) in [5, 5.41) is 8.65. The lowest BCUT2D eigenvalue weighted by Crippen LogP contribution is -2.17. The van der Waals surface area contributed by atoms with E-state index in [9.17, 15) is 8.78 Å². The molecular weight excluding hydrogens is 230 g/mol. The molecule has 3 nitrogen and oxygen atoms in total. The first-order chi connectivity index (χ1) is 7.97. The number of methoxy groups -OCH3 is 2. The predicted octanol–water partition coefficient (Wildman–Crippen LogP) is 2.49. The molecule has 0 fully saturated rings. The molecule has 0 amide bonds. The Morgan fingerprint density at radius 1 is 1.24 bits per heavy atom. The first kappa shape index (κ1) is 13.7. The van der Waals surface area contributed by atoms with Crippen LogP contribution in [0.5, 0.6) is 11.5 Å². The predicted molar refractivity (Wildman–Crippen MR) is 59.9 cm³/mol. The molecule has 1 N–H and O–H groups in total. The number of hydrogen-bond acceptors (Lipinski definition) is 3. The third-order valence-electron chi connectivity index (χ3n) is 2.60. The van der Waals surface area contributed by atoms with E-state index in [1.54, 1.807) is 6.92 Å². The van der Waals surface area contributed by atoms with Crippen LogP contribution in [0, 0.1) is 6.92 Å². The molecule has 5 heteroatoms. The maximum atomic E-state index is 13.7. The van der Waals surface area contributed by atoms with Crippen LogP contribution in [-0.2, 0) is 5.92 Å². The molecule has 0 bridgehead atoms. The summed E-state index contributed by atoms with van der Waals surface area (Å²) >= 11 is 0. The van der Waals surface area contributed by atoms with Gasteiger partial charge in [0.1, 0.15) is 11.5 Å². The zero-order valence-corrected chi connectivity index (χ0v) is 10.1. The third kappa shape index (κ3) is 2.66. The van der Waals surface area contributed by atoms with Crippen molar-refractivity contribution in [3.05, 3.63) is 23.3 Å². The van der Waals surface area contributed by atoms with Crippen LogP contribution >= 0.6 is 0 Å². The molecule has 0 aromatic heterocycles. The van der Waals surface area contributed by atoms with Crippen molar-refractivity contribution in [2.24, 2.45) is 0 Å². The highest BCUT2D eigenvalue weighted by Crippen LogP contribution is 2.41. The zero-order valence-electron chi connectivity index (χ0n) is 10.1. The minimum Gasteiger partial charge on any atom is -0.496 e. The van der Waals surface area contributed by atoms with Gasteiger partial charge in [0, 0.05) is 18.6 Å². The van der Waals surface area contributed by atoms with Crippen molar-refractivity contribution in [1.29, 1.82) is 0 Å². The summed E-state index contributed by atoms with van der Waals surface area (Å²) in [7, 11) is 2.80. The van der Waals surface area contributed by atoms with Crippen molar-refractivity contribution in [2.75, 3.05) is 20.8 Å². The fourth-order valence-electron chi connectivity index (χ4n) is 1.72. The minimum atomic E-state index is -3.11. The summed E-state index contributed by atoms with van der Waals surface area (Å²) < 4.78 is 37.5. The molecule has 0 radical (unpaired) electrons. The van der Waals surface area contributed by atoms with E-state index in [4.69, 9.17) is 14.6 Å². The van der Waals surface area contributed by atoms with Crippen LogP contribution < -0.4 is 9.47 Å². The van der Waals surface area contributed by atoms with Crippen molar-refractivity contribution in [3.8, 4) is 11.5 Å². The Kier molecular flexibility index (Phi) is 4.28. The van der Waals surface area contributed by atoms with Crippen LogP contribution in [0.2, 0.25) is 0 Å². The maximum absolute atomic E-state index is 13.7. The number of alkyl halides is 2. The van der Waals surface area contributed by atoms with Crippen molar-refractivity contribution in [2.45, 2.75) is 19.3 Å². The number of aliphatic hydroxyl groups is 1. The van der Waals surface area contributed by atoms with Gasteiger partial charge in [-0.05, 0) is 19.1 Å². The normalized spacial score (nSPS) is 11.4. The lowest BCUT2D eigenvalue weighted by Gasteiger charge is -2.21. The van der Waals surface area contributed by atoms with E-state index in [0.717, 1.165) is 0 Å². The third-order valence-corrected chi connectivity index (χ3v) is 2.60. The quantitative estimate of drug-likeness (QED) is 0.867. The number of ether oxygens (including phenoxy) is 2. The van der Waals surface area contributed by atoms with Gasteiger partial charge in [0.05, 0.1) is 19.8 Å². The molecule has 0 spiro atoms. The van der Waals surface area contributed by atoms with E-state index in [1.807, 2.05) is 0 Å². The molecule has 0 saturated carbocycles. The van der Waals surface area contributed by atoms with Crippen molar-refractivity contribution in [3.63, 3.8) is 0 Å². The van der Waals surface area contributed by atoms with Gasteiger partial charge < -0.3 is 14.6 Å². The van der Waals surface area contributed by atoms with E-state index < -0.39 is 19.0 Å². The second-order valence-electron chi connectivity index (χ2n) is 3.65. The lowest BCUT2D eigenvalue weighted by atomic mass is 10.0. The average molecular weight is 246 g/mol. The summed E-state index contributed by atoms with van der Waals surface area (Å²) in [5.74, 6) is -2.52. The molecule has 0 aliphatic rings. The van der Waals surface area contributed by atoms with E-state index in [2.05, 4.69) is 0 Å². The number of aliphatic hydroxyl groups excluding tert-OH is 1. The topological polar surface area (TPSA) is 38.7 Å². The summed E-state index contributed by atoms with van der Waals surface area (Å²) in [6.07, 6.45) is -0.630. The van der Waals surface area contributed by atoms with Gasteiger partial charge in [-0.15, -0.1) is 0 Å². The van der Waals surface area contributed by atoms with Gasteiger partial charge in [0.15, 0.2) is 0 Å². The van der Waals surface area contributed by atoms with Crippen LogP contribution in [0.3, 0.4) is 0 Å². The second kappa shape index (κ2) is 5.31. The van der Waals surface area contributed by atoms with Gasteiger partial charge >= 0.3 is 0 Å². The summed E-state index contributed by atoms with van der Waals surface area (Å²) in [4.78, 5) is 0. The Labute approximate surface area is 99.0 Å². The molecule has 17 heavy (non-hydrogen) atoms. The molecule has 1 rings (SSSR count). The zero-order chi connectivity index (χ0) is 13.1. The Morgan fingerprint density at radius 2 is 1.88 bits per heavy atom. The Bertz CT molecular complexity index is 392. The minimum absolute atomic E-state index is 0.0998. The summed E-state index contributed by atoms with van der Waals surface area (Å²) in [5.41, 5.74) is 0.289. The van der Waals surface area contributed by atoms with Crippen molar-refractivity contribution < 1.29 is 23.4 Å². The SMILES string of the molecule is COc1ccc(C(F)(F)CCO)c(OC)c1C. The van der Waals surface area contributed by atoms with Gasteiger partial charge in [-0.25, -0.2) is 8.78 Å². The van der Waals surface area contributed by atoms with Crippen LogP contribution in [0.1, 0.15) is 17.5 Å². The molecule has 1 aromatic carbocycles. The Morgan fingerprint density at radius 3 is 2.35 bits per heavy atom. The van der Waals surface area contributed by atoms with Gasteiger partial charge in [-0.1, -0.05) is 0 Å². The highest BCUT2D eigenvalue weighted by atomic mass is 19.3. The highest BCUT2D eigenvalue weighted by molar-refractivity contribution is 5.50.